The molecule has 24 nitrogen and oxygen atoms in total. The van der Waals surface area contributed by atoms with Crippen molar-refractivity contribution in [1.29, 1.82) is 0 Å². The van der Waals surface area contributed by atoms with E-state index in [0.29, 0.717) is 168 Å². The van der Waals surface area contributed by atoms with Gasteiger partial charge in [0.1, 0.15) is 24.4 Å². The van der Waals surface area contributed by atoms with Gasteiger partial charge in [-0.2, -0.15) is 0 Å². The summed E-state index contributed by atoms with van der Waals surface area (Å²) in [7, 11) is 0. The minimum Gasteiger partial charge on any atom is -0.387 e. The number of aliphatic imine (C=N–C) groups is 1. The molecule has 5 N–H and O–H groups in total. The fourth-order valence-corrected chi connectivity index (χ4v) is 6.68. The number of amidine groups is 1. The van der Waals surface area contributed by atoms with Crippen molar-refractivity contribution in [3.63, 3.8) is 0 Å². The van der Waals surface area contributed by atoms with Crippen molar-refractivity contribution in [2.75, 3.05) is 158 Å². The number of aliphatic hydroxyl groups excluding tert-OH is 1. The number of hydrogen-bond donors (Lipinski definition) is 4. The van der Waals surface area contributed by atoms with Crippen LogP contribution in [0.15, 0.2) is 53.3 Å². The number of benzene rings is 1. The highest BCUT2D eigenvalue weighted by Gasteiger charge is 2.25. The van der Waals surface area contributed by atoms with Crippen LogP contribution in [-0.2, 0) is 77.9 Å². The standard InChI is InChI=1S/C50H76N8O16/c1-3-11-58(74-4-2)50(63)41-32-40-6-5-39(33-43(40)56-44(51)34-41)42-35-53-45(54-36-42)37-55-46(59)9-12-64-14-16-66-18-20-68-22-24-70-26-28-72-30-31-73-29-27-71-25-23-69-21-19-67-17-15-65-13-10-52-47(60)38-57-48(61)7-8-49(57)62/h5-8,32-33,35-36,46,55,59H,3-4,9-31,34,37-38H2,1-2H3,(H2,51,56)(H,52,60). The van der Waals surface area contributed by atoms with Crippen LogP contribution in [0.5, 0.6) is 0 Å². The Balaban J connectivity index is 0.847. The van der Waals surface area contributed by atoms with Gasteiger partial charge in [0.05, 0.1) is 151 Å². The fourth-order valence-electron chi connectivity index (χ4n) is 6.68. The molecular weight excluding hydrogens is 969 g/mol. The number of fused-ring (bicyclic) bond motifs is 1. The monoisotopic (exact) mass is 1040 g/mol. The van der Waals surface area contributed by atoms with Crippen molar-refractivity contribution < 1.29 is 76.5 Å². The van der Waals surface area contributed by atoms with E-state index in [9.17, 15) is 24.3 Å². The smallest absolute Gasteiger partial charge is 0.273 e. The predicted molar refractivity (Wildman–Crippen MR) is 269 cm³/mol. The topological polar surface area (TPSA) is 285 Å². The van der Waals surface area contributed by atoms with Gasteiger partial charge >= 0.3 is 0 Å². The number of ether oxygens (including phenoxy) is 10. The molecule has 2 aliphatic rings. The van der Waals surface area contributed by atoms with E-state index in [4.69, 9.17) is 57.9 Å². The van der Waals surface area contributed by atoms with E-state index in [-0.39, 0.29) is 38.6 Å². The Hall–Kier alpha value is -5.19. The summed E-state index contributed by atoms with van der Waals surface area (Å²) in [6.07, 6.45) is 8.07. The number of imide groups is 1. The minimum atomic E-state index is -0.800. The average Bonchev–Trinajstić information content (AvgIpc) is 3.60. The Kier molecular flexibility index (Phi) is 31.8. The summed E-state index contributed by atoms with van der Waals surface area (Å²) in [6, 6.07) is 5.72. The summed E-state index contributed by atoms with van der Waals surface area (Å²) in [4.78, 5) is 67.9. The van der Waals surface area contributed by atoms with Gasteiger partial charge in [-0.1, -0.05) is 19.1 Å². The first-order valence-electron chi connectivity index (χ1n) is 25.1. The molecule has 2 aliphatic heterocycles. The summed E-state index contributed by atoms with van der Waals surface area (Å²) in [5.41, 5.74) is 9.80. The summed E-state index contributed by atoms with van der Waals surface area (Å²) < 4.78 is 54.9. The van der Waals surface area contributed by atoms with Crippen LogP contribution in [0.4, 0.5) is 5.69 Å². The van der Waals surface area contributed by atoms with Gasteiger partial charge in [-0.3, -0.25) is 34.2 Å². The van der Waals surface area contributed by atoms with Crippen molar-refractivity contribution in [2.45, 2.75) is 45.9 Å². The van der Waals surface area contributed by atoms with Crippen LogP contribution < -0.4 is 16.4 Å². The zero-order chi connectivity index (χ0) is 52.9. The number of aromatic nitrogens is 2. The molecule has 0 saturated heterocycles. The van der Waals surface area contributed by atoms with E-state index in [2.05, 4.69) is 25.6 Å². The normalized spacial score (nSPS) is 13.7. The highest BCUT2D eigenvalue weighted by Crippen LogP contribution is 2.32. The molecule has 4 rings (SSSR count). The number of hydroxylamine groups is 2. The molecule has 1 atom stereocenters. The number of carbonyl (C=O) groups excluding carboxylic acids is 4. The summed E-state index contributed by atoms with van der Waals surface area (Å²) >= 11 is 0. The van der Waals surface area contributed by atoms with Crippen molar-refractivity contribution in [3.05, 3.63) is 59.7 Å². The van der Waals surface area contributed by atoms with Gasteiger partial charge in [0.2, 0.25) is 5.91 Å². The number of hydrogen-bond acceptors (Lipinski definition) is 21. The SMILES string of the molecule is CCCN(OCC)C(=O)C1=Cc2ccc(-c3cnc(CNC(O)CCOCCOCCOCCOCCOCCOCCOCCOCCOCCOCCNC(=O)CN4C(=O)C=CC4=O)nc3)cc2N=C(N)C1. The number of nitrogens with one attached hydrogen (secondary N) is 2. The van der Waals surface area contributed by atoms with Crippen LogP contribution in [-0.4, -0.2) is 219 Å². The second kappa shape index (κ2) is 38.4. The largest absolute Gasteiger partial charge is 0.387 e. The average molecular weight is 1050 g/mol. The molecule has 0 spiro atoms. The first kappa shape index (κ1) is 61.4. The van der Waals surface area contributed by atoms with Gasteiger partial charge in [-0.25, -0.2) is 20.0 Å². The van der Waals surface area contributed by atoms with Gasteiger partial charge in [-0.05, 0) is 31.1 Å². The van der Waals surface area contributed by atoms with Gasteiger partial charge in [0.25, 0.3) is 17.7 Å². The zero-order valence-electron chi connectivity index (χ0n) is 42.9. The molecule has 4 amide bonds. The number of rotatable bonds is 44. The van der Waals surface area contributed by atoms with Crippen molar-refractivity contribution >= 4 is 41.2 Å². The molecule has 1 unspecified atom stereocenters. The van der Waals surface area contributed by atoms with E-state index in [0.717, 1.165) is 40.2 Å². The zero-order valence-corrected chi connectivity index (χ0v) is 42.9. The first-order valence-corrected chi connectivity index (χ1v) is 25.1. The Bertz CT molecular complexity index is 2000. The third-order valence-electron chi connectivity index (χ3n) is 10.4. The number of amides is 4. The lowest BCUT2D eigenvalue weighted by Crippen LogP contribution is -2.41. The van der Waals surface area contributed by atoms with Gasteiger partial charge < -0.3 is 63.5 Å². The lowest BCUT2D eigenvalue weighted by atomic mass is 10.0. The summed E-state index contributed by atoms with van der Waals surface area (Å²) in [5.74, 6) is -0.796. The number of nitrogens with two attached hydrogens (primary N) is 1. The third-order valence-corrected chi connectivity index (χ3v) is 10.4. The van der Waals surface area contributed by atoms with Gasteiger partial charge in [-0.15, -0.1) is 0 Å². The Morgan fingerprint density at radius 1 is 0.703 bits per heavy atom. The van der Waals surface area contributed by atoms with E-state index in [1.54, 1.807) is 12.4 Å². The molecule has 0 saturated carbocycles. The molecule has 0 bridgehead atoms. The number of carbonyl (C=O) groups is 4. The Labute approximate surface area is 433 Å². The van der Waals surface area contributed by atoms with Crippen molar-refractivity contribution in [2.24, 2.45) is 10.7 Å². The van der Waals surface area contributed by atoms with Crippen LogP contribution >= 0.6 is 0 Å². The van der Waals surface area contributed by atoms with Gasteiger partial charge in [0, 0.05) is 67.2 Å². The Morgan fingerprint density at radius 3 is 1.68 bits per heavy atom. The first-order chi connectivity index (χ1) is 36.2. The highest BCUT2D eigenvalue weighted by atomic mass is 16.7. The molecule has 1 aromatic carbocycles. The Morgan fingerprint density at radius 2 is 1.19 bits per heavy atom. The van der Waals surface area contributed by atoms with Crippen molar-refractivity contribution in [1.82, 2.24) is 30.6 Å². The molecule has 0 radical (unpaired) electrons. The number of aliphatic hydroxyl groups is 1. The second-order valence-electron chi connectivity index (χ2n) is 16.2. The van der Waals surface area contributed by atoms with E-state index in [1.165, 1.54) is 5.06 Å². The van der Waals surface area contributed by atoms with E-state index < -0.39 is 23.9 Å². The van der Waals surface area contributed by atoms with E-state index in [1.807, 2.05) is 38.1 Å². The van der Waals surface area contributed by atoms with Crippen LogP contribution in [0, 0.1) is 0 Å². The molecular formula is C50H76N8O16. The second-order valence-corrected chi connectivity index (χ2v) is 16.2. The molecule has 0 fully saturated rings. The maximum atomic E-state index is 13.2. The maximum absolute atomic E-state index is 13.2. The molecule has 74 heavy (non-hydrogen) atoms. The third kappa shape index (κ3) is 25.8. The highest BCUT2D eigenvalue weighted by molar-refractivity contribution is 6.14. The molecule has 412 valence electrons. The lowest BCUT2D eigenvalue weighted by Gasteiger charge is -2.21. The van der Waals surface area contributed by atoms with Gasteiger partial charge in [0.15, 0.2) is 0 Å². The molecule has 1 aromatic heterocycles. The summed E-state index contributed by atoms with van der Waals surface area (Å²) in [6.45, 7) is 13.2. The van der Waals surface area contributed by atoms with E-state index >= 15 is 0 Å². The molecule has 3 heterocycles. The number of nitrogens with zero attached hydrogens (tertiary/aromatic N) is 5. The predicted octanol–water partition coefficient (Wildman–Crippen LogP) is 1.11. The van der Waals surface area contributed by atoms with Crippen LogP contribution in [0.3, 0.4) is 0 Å². The molecule has 2 aromatic rings. The maximum Gasteiger partial charge on any atom is 0.273 e. The van der Waals surface area contributed by atoms with Crippen LogP contribution in [0.1, 0.15) is 44.5 Å². The van der Waals surface area contributed by atoms with Crippen molar-refractivity contribution in [3.8, 4) is 11.1 Å². The van der Waals surface area contributed by atoms with Crippen LogP contribution in [0.25, 0.3) is 17.2 Å². The summed E-state index contributed by atoms with van der Waals surface area (Å²) in [5, 5.41) is 17.4. The lowest BCUT2D eigenvalue weighted by molar-refractivity contribution is -0.180. The van der Waals surface area contributed by atoms with Crippen LogP contribution in [0.2, 0.25) is 0 Å². The minimum absolute atomic E-state index is 0.218. The molecule has 0 aliphatic carbocycles. The molecule has 24 heteroatoms. The quantitative estimate of drug-likeness (QED) is 0.0313. The fraction of sp³-hybridized carbons (Fsp3) is 0.620.